The van der Waals surface area contributed by atoms with Crippen LogP contribution in [0.25, 0.3) is 0 Å². The lowest BCUT2D eigenvalue weighted by atomic mass is 9.83. The van der Waals surface area contributed by atoms with Gasteiger partial charge in [-0.3, -0.25) is 0 Å². The van der Waals surface area contributed by atoms with Gasteiger partial charge in [0.15, 0.2) is 0 Å². The van der Waals surface area contributed by atoms with Crippen molar-refractivity contribution in [3.8, 4) is 0 Å². The Morgan fingerprint density at radius 2 is 1.95 bits per heavy atom. The second kappa shape index (κ2) is 7.39. The van der Waals surface area contributed by atoms with Crippen LogP contribution in [0, 0.1) is 17.7 Å². The highest BCUT2D eigenvalue weighted by Crippen LogP contribution is 2.33. The molecule has 1 nitrogen and oxygen atoms in total. The van der Waals surface area contributed by atoms with E-state index in [0.717, 1.165) is 28.9 Å². The van der Waals surface area contributed by atoms with Crippen LogP contribution in [0.5, 0.6) is 0 Å². The number of hydrogen-bond acceptors (Lipinski definition) is 1. The van der Waals surface area contributed by atoms with Gasteiger partial charge in [-0.25, -0.2) is 4.39 Å². The van der Waals surface area contributed by atoms with Crippen molar-refractivity contribution in [1.82, 2.24) is 5.32 Å². The minimum absolute atomic E-state index is 0.128. The molecule has 0 spiro atoms. The van der Waals surface area contributed by atoms with E-state index in [4.69, 9.17) is 0 Å². The molecule has 1 fully saturated rings. The normalized spacial score (nSPS) is 24.2. The zero-order valence-corrected chi connectivity index (χ0v) is 13.2. The Morgan fingerprint density at radius 3 is 2.68 bits per heavy atom. The van der Waals surface area contributed by atoms with Crippen LogP contribution in [0.1, 0.15) is 37.7 Å². The highest BCUT2D eigenvalue weighted by Gasteiger charge is 2.24. The van der Waals surface area contributed by atoms with Gasteiger partial charge < -0.3 is 5.32 Å². The van der Waals surface area contributed by atoms with Crippen LogP contribution in [0.15, 0.2) is 22.7 Å². The first kappa shape index (κ1) is 15.0. The third-order valence-corrected chi connectivity index (χ3v) is 5.05. The molecule has 0 heterocycles. The monoisotopic (exact) mass is 327 g/mol. The van der Waals surface area contributed by atoms with Crippen LogP contribution >= 0.6 is 15.9 Å². The van der Waals surface area contributed by atoms with Gasteiger partial charge in [0.2, 0.25) is 0 Å². The Bertz CT molecular complexity index is 408. The first-order chi connectivity index (χ1) is 9.20. The van der Waals surface area contributed by atoms with E-state index in [1.54, 1.807) is 6.07 Å². The molecule has 106 valence electrons. The molecule has 0 bridgehead atoms. The fourth-order valence-corrected chi connectivity index (χ4v) is 3.65. The van der Waals surface area contributed by atoms with Gasteiger partial charge in [-0.05, 0) is 68.5 Å². The van der Waals surface area contributed by atoms with Gasteiger partial charge in [-0.1, -0.05) is 35.2 Å². The molecule has 3 heteroatoms. The Hall–Kier alpha value is -0.410. The molecule has 1 N–H and O–H groups in total. The van der Waals surface area contributed by atoms with E-state index in [1.165, 1.54) is 38.2 Å². The van der Waals surface area contributed by atoms with E-state index < -0.39 is 0 Å². The highest BCUT2D eigenvalue weighted by atomic mass is 79.9. The van der Waals surface area contributed by atoms with Gasteiger partial charge in [0, 0.05) is 4.47 Å². The Labute approximate surface area is 124 Å². The van der Waals surface area contributed by atoms with E-state index in [9.17, 15) is 4.39 Å². The Kier molecular flexibility index (Phi) is 5.83. The van der Waals surface area contributed by atoms with Crippen molar-refractivity contribution in [2.75, 3.05) is 13.6 Å². The Balaban J connectivity index is 2.11. The number of nitrogens with one attached hydrogen (secondary N) is 1. The molecule has 0 amide bonds. The standard InChI is InChI=1S/C16H23BrFN/c1-19-11-13-6-4-2-3-5-12(13)9-14-10-15(18)7-8-16(14)17/h7-8,10,12-13,19H,2-6,9,11H2,1H3. The first-order valence-electron chi connectivity index (χ1n) is 7.29. The summed E-state index contributed by atoms with van der Waals surface area (Å²) < 4.78 is 14.4. The summed E-state index contributed by atoms with van der Waals surface area (Å²) in [6.07, 6.45) is 7.57. The van der Waals surface area contributed by atoms with Gasteiger partial charge >= 0.3 is 0 Å². The number of benzene rings is 1. The molecule has 1 aromatic rings. The average Bonchev–Trinajstić information content (AvgIpc) is 2.60. The highest BCUT2D eigenvalue weighted by molar-refractivity contribution is 9.10. The molecule has 1 aliphatic rings. The lowest BCUT2D eigenvalue weighted by Crippen LogP contribution is -2.26. The average molecular weight is 328 g/mol. The zero-order chi connectivity index (χ0) is 13.7. The molecule has 0 saturated heterocycles. The summed E-state index contributed by atoms with van der Waals surface area (Å²) in [4.78, 5) is 0. The van der Waals surface area contributed by atoms with Crippen molar-refractivity contribution < 1.29 is 4.39 Å². The van der Waals surface area contributed by atoms with Crippen LogP contribution in [-0.4, -0.2) is 13.6 Å². The third kappa shape index (κ3) is 4.28. The van der Waals surface area contributed by atoms with Gasteiger partial charge in [-0.2, -0.15) is 0 Å². The van der Waals surface area contributed by atoms with Crippen LogP contribution < -0.4 is 5.32 Å². The molecule has 0 aromatic heterocycles. The topological polar surface area (TPSA) is 12.0 Å². The number of rotatable bonds is 4. The Morgan fingerprint density at radius 1 is 1.21 bits per heavy atom. The molecule has 2 rings (SSSR count). The molecule has 0 aliphatic heterocycles. The second-order valence-corrected chi connectivity index (χ2v) is 6.51. The smallest absolute Gasteiger partial charge is 0.123 e. The fraction of sp³-hybridized carbons (Fsp3) is 0.625. The summed E-state index contributed by atoms with van der Waals surface area (Å²) >= 11 is 3.55. The largest absolute Gasteiger partial charge is 0.319 e. The van der Waals surface area contributed by atoms with E-state index in [1.807, 2.05) is 13.1 Å². The molecular weight excluding hydrogens is 305 g/mol. The summed E-state index contributed by atoms with van der Waals surface area (Å²) in [5.74, 6) is 1.27. The SMILES string of the molecule is CNCC1CCCCCC1Cc1cc(F)ccc1Br. The summed E-state index contributed by atoms with van der Waals surface area (Å²) in [5.41, 5.74) is 1.12. The quantitative estimate of drug-likeness (QED) is 0.800. The summed E-state index contributed by atoms with van der Waals surface area (Å²) in [7, 11) is 2.03. The van der Waals surface area contributed by atoms with E-state index >= 15 is 0 Å². The molecule has 1 aromatic carbocycles. The molecule has 1 saturated carbocycles. The number of hydrogen-bond donors (Lipinski definition) is 1. The molecule has 0 radical (unpaired) electrons. The summed E-state index contributed by atoms with van der Waals surface area (Å²) in [6, 6.07) is 5.03. The summed E-state index contributed by atoms with van der Waals surface area (Å²) in [6.45, 7) is 1.08. The van der Waals surface area contributed by atoms with Crippen molar-refractivity contribution >= 4 is 15.9 Å². The zero-order valence-electron chi connectivity index (χ0n) is 11.6. The van der Waals surface area contributed by atoms with Crippen LogP contribution in [0.4, 0.5) is 4.39 Å². The van der Waals surface area contributed by atoms with Crippen molar-refractivity contribution in [3.05, 3.63) is 34.1 Å². The molecule has 2 unspecified atom stereocenters. The maximum atomic E-state index is 13.4. The van der Waals surface area contributed by atoms with Crippen molar-refractivity contribution in [1.29, 1.82) is 0 Å². The molecule has 19 heavy (non-hydrogen) atoms. The van der Waals surface area contributed by atoms with Gasteiger partial charge in [0.05, 0.1) is 0 Å². The minimum Gasteiger partial charge on any atom is -0.319 e. The molecule has 2 atom stereocenters. The van der Waals surface area contributed by atoms with E-state index in [2.05, 4.69) is 21.2 Å². The van der Waals surface area contributed by atoms with Crippen LogP contribution in [0.3, 0.4) is 0 Å². The fourth-order valence-electron chi connectivity index (χ4n) is 3.24. The first-order valence-corrected chi connectivity index (χ1v) is 8.08. The predicted octanol–water partition coefficient (Wildman–Crippen LogP) is 4.55. The van der Waals surface area contributed by atoms with Gasteiger partial charge in [0.25, 0.3) is 0 Å². The van der Waals surface area contributed by atoms with Crippen molar-refractivity contribution in [2.45, 2.75) is 38.5 Å². The second-order valence-electron chi connectivity index (χ2n) is 5.66. The van der Waals surface area contributed by atoms with Crippen LogP contribution in [-0.2, 0) is 6.42 Å². The number of halogens is 2. The van der Waals surface area contributed by atoms with Gasteiger partial charge in [0.1, 0.15) is 5.82 Å². The molecular formula is C16H23BrFN. The van der Waals surface area contributed by atoms with E-state index in [-0.39, 0.29) is 5.82 Å². The maximum Gasteiger partial charge on any atom is 0.123 e. The molecule has 1 aliphatic carbocycles. The van der Waals surface area contributed by atoms with Crippen LogP contribution in [0.2, 0.25) is 0 Å². The predicted molar refractivity (Wildman–Crippen MR) is 81.8 cm³/mol. The van der Waals surface area contributed by atoms with Crippen molar-refractivity contribution in [3.63, 3.8) is 0 Å². The third-order valence-electron chi connectivity index (χ3n) is 4.27. The van der Waals surface area contributed by atoms with Gasteiger partial charge in [-0.15, -0.1) is 0 Å². The lowest BCUT2D eigenvalue weighted by molar-refractivity contribution is 0.303. The minimum atomic E-state index is -0.128. The summed E-state index contributed by atoms with van der Waals surface area (Å²) in [5, 5.41) is 3.32. The van der Waals surface area contributed by atoms with E-state index in [0.29, 0.717) is 5.92 Å². The van der Waals surface area contributed by atoms with Crippen molar-refractivity contribution in [2.24, 2.45) is 11.8 Å². The lowest BCUT2D eigenvalue weighted by Gasteiger charge is -2.25. The maximum absolute atomic E-state index is 13.4.